The van der Waals surface area contributed by atoms with Crippen LogP contribution < -0.4 is 14.9 Å². The third kappa shape index (κ3) is 5.36. The molecule has 0 N–H and O–H groups in total. The lowest BCUT2D eigenvalue weighted by Gasteiger charge is -2.25. The van der Waals surface area contributed by atoms with Crippen LogP contribution in [0.15, 0.2) is 100 Å². The number of benzene rings is 3. The molecule has 0 radical (unpaired) electrons. The van der Waals surface area contributed by atoms with E-state index in [4.69, 9.17) is 32.9 Å². The number of nitrogens with zero attached hydrogens (tertiary/aromatic N) is 3. The van der Waals surface area contributed by atoms with Crippen molar-refractivity contribution in [3.63, 3.8) is 0 Å². The SMILES string of the molecule is CC1=C(C(=O)OC(C)C)C(c2ccc(Cl)cc2)n2c(sc(=Cc3cn(Cc4ccc(Cl)cc4)c4ccccc34)c2=O)=N1. The summed E-state index contributed by atoms with van der Waals surface area (Å²) in [5, 5.41) is 2.29. The zero-order valence-corrected chi connectivity index (χ0v) is 25.5. The molecule has 0 saturated carbocycles. The van der Waals surface area contributed by atoms with Gasteiger partial charge in [0.2, 0.25) is 0 Å². The van der Waals surface area contributed by atoms with Crippen molar-refractivity contribution in [1.29, 1.82) is 0 Å². The van der Waals surface area contributed by atoms with E-state index in [1.54, 1.807) is 37.5 Å². The van der Waals surface area contributed by atoms with Crippen LogP contribution in [0.2, 0.25) is 10.0 Å². The van der Waals surface area contributed by atoms with Gasteiger partial charge in [-0.2, -0.15) is 0 Å². The Hall–Kier alpha value is -3.91. The van der Waals surface area contributed by atoms with Crippen molar-refractivity contribution in [2.45, 2.75) is 39.5 Å². The summed E-state index contributed by atoms with van der Waals surface area (Å²) in [6, 6.07) is 22.4. The molecule has 1 aliphatic heterocycles. The molecule has 0 aliphatic carbocycles. The molecule has 1 unspecified atom stereocenters. The third-order valence-corrected chi connectivity index (χ3v) is 8.63. The first-order valence-electron chi connectivity index (χ1n) is 13.5. The Morgan fingerprint density at radius 1 is 1.02 bits per heavy atom. The smallest absolute Gasteiger partial charge is 0.338 e. The van der Waals surface area contributed by atoms with Gasteiger partial charge in [0.15, 0.2) is 4.80 Å². The van der Waals surface area contributed by atoms with Gasteiger partial charge in [-0.1, -0.05) is 77.0 Å². The number of halogens is 2. The summed E-state index contributed by atoms with van der Waals surface area (Å²) >= 11 is 13.6. The zero-order chi connectivity index (χ0) is 29.5. The van der Waals surface area contributed by atoms with Gasteiger partial charge in [0, 0.05) is 39.3 Å². The molecule has 6 nitrogen and oxygen atoms in total. The maximum Gasteiger partial charge on any atom is 0.338 e. The molecule has 9 heteroatoms. The standard InChI is InChI=1S/C33H27Cl2N3O3S/c1-19(2)41-32(40)29-20(3)36-33-38(30(29)22-10-14-25(35)15-11-22)31(39)28(42-33)16-23-18-37(27-7-5-4-6-26(23)27)17-21-8-12-24(34)13-9-21/h4-16,18-19,30H,17H2,1-3H3. The van der Waals surface area contributed by atoms with Gasteiger partial charge in [-0.25, -0.2) is 9.79 Å². The van der Waals surface area contributed by atoms with Crippen molar-refractivity contribution < 1.29 is 9.53 Å². The summed E-state index contributed by atoms with van der Waals surface area (Å²) in [6.07, 6.45) is 3.65. The summed E-state index contributed by atoms with van der Waals surface area (Å²) < 4.78 is 9.87. The van der Waals surface area contributed by atoms with Gasteiger partial charge >= 0.3 is 5.97 Å². The van der Waals surface area contributed by atoms with Crippen molar-refractivity contribution in [3.05, 3.63) is 137 Å². The second-order valence-electron chi connectivity index (χ2n) is 10.4. The van der Waals surface area contributed by atoms with Crippen LogP contribution in [0, 0.1) is 0 Å². The van der Waals surface area contributed by atoms with Crippen LogP contribution in [0.1, 0.15) is 43.5 Å². The molecule has 2 aromatic heterocycles. The average molecular weight is 617 g/mol. The van der Waals surface area contributed by atoms with Gasteiger partial charge in [-0.3, -0.25) is 9.36 Å². The van der Waals surface area contributed by atoms with Crippen molar-refractivity contribution in [2.24, 2.45) is 4.99 Å². The van der Waals surface area contributed by atoms with Crippen LogP contribution in [0.4, 0.5) is 0 Å². The molecule has 0 fully saturated rings. The molecule has 0 saturated heterocycles. The second-order valence-corrected chi connectivity index (χ2v) is 12.3. The molecule has 0 spiro atoms. The van der Waals surface area contributed by atoms with Crippen LogP contribution in [0.3, 0.4) is 0 Å². The van der Waals surface area contributed by atoms with Crippen LogP contribution in [-0.4, -0.2) is 21.2 Å². The zero-order valence-electron chi connectivity index (χ0n) is 23.2. The minimum atomic E-state index is -0.696. The molecule has 42 heavy (non-hydrogen) atoms. The molecule has 212 valence electrons. The van der Waals surface area contributed by atoms with Gasteiger partial charge in [0.25, 0.3) is 5.56 Å². The lowest BCUT2D eigenvalue weighted by atomic mass is 9.96. The van der Waals surface area contributed by atoms with Gasteiger partial charge in [0.05, 0.1) is 27.9 Å². The van der Waals surface area contributed by atoms with E-state index >= 15 is 0 Å². The number of carbonyl (C=O) groups is 1. The summed E-state index contributed by atoms with van der Waals surface area (Å²) in [4.78, 5) is 32.6. The number of hydrogen-bond donors (Lipinski definition) is 0. The lowest BCUT2D eigenvalue weighted by Crippen LogP contribution is -2.40. The summed E-state index contributed by atoms with van der Waals surface area (Å²) in [5.41, 5.74) is 4.47. The predicted octanol–water partition coefficient (Wildman–Crippen LogP) is 6.50. The molecule has 0 bridgehead atoms. The van der Waals surface area contributed by atoms with Crippen molar-refractivity contribution >= 4 is 57.5 Å². The number of rotatable bonds is 6. The van der Waals surface area contributed by atoms with E-state index in [0.717, 1.165) is 27.6 Å². The molecule has 5 aromatic rings. The number of esters is 1. The highest BCUT2D eigenvalue weighted by Gasteiger charge is 2.33. The number of carbonyl (C=O) groups excluding carboxylic acids is 1. The number of allylic oxidation sites excluding steroid dienone is 1. The molecule has 6 rings (SSSR count). The van der Waals surface area contributed by atoms with E-state index in [1.165, 1.54) is 11.3 Å². The van der Waals surface area contributed by atoms with Crippen LogP contribution >= 0.6 is 34.5 Å². The van der Waals surface area contributed by atoms with E-state index < -0.39 is 12.0 Å². The first-order chi connectivity index (χ1) is 20.2. The first kappa shape index (κ1) is 28.2. The number of para-hydroxylation sites is 1. The quantitative estimate of drug-likeness (QED) is 0.205. The Morgan fingerprint density at radius 3 is 2.38 bits per heavy atom. The summed E-state index contributed by atoms with van der Waals surface area (Å²) in [5.74, 6) is -0.495. The second kappa shape index (κ2) is 11.4. The minimum Gasteiger partial charge on any atom is -0.459 e. The normalized spacial score (nSPS) is 15.3. The fourth-order valence-electron chi connectivity index (χ4n) is 5.27. The highest BCUT2D eigenvalue weighted by Crippen LogP contribution is 2.32. The van der Waals surface area contributed by atoms with Gasteiger partial charge in [0.1, 0.15) is 0 Å². The molecular weight excluding hydrogens is 589 g/mol. The Bertz CT molecular complexity index is 2040. The van der Waals surface area contributed by atoms with Gasteiger partial charge < -0.3 is 9.30 Å². The summed E-state index contributed by atoms with van der Waals surface area (Å²) in [7, 11) is 0. The van der Waals surface area contributed by atoms with Crippen molar-refractivity contribution in [3.8, 4) is 0 Å². The van der Waals surface area contributed by atoms with E-state index in [9.17, 15) is 9.59 Å². The topological polar surface area (TPSA) is 65.6 Å². The average Bonchev–Trinajstić information content (AvgIpc) is 3.45. The molecular formula is C33H27Cl2N3O3S. The lowest BCUT2D eigenvalue weighted by molar-refractivity contribution is -0.143. The molecule has 3 aromatic carbocycles. The number of ether oxygens (including phenoxy) is 1. The predicted molar refractivity (Wildman–Crippen MR) is 169 cm³/mol. The maximum absolute atomic E-state index is 14.1. The van der Waals surface area contributed by atoms with Crippen LogP contribution in [-0.2, 0) is 16.1 Å². The Morgan fingerprint density at radius 2 is 1.69 bits per heavy atom. The molecule has 1 aliphatic rings. The minimum absolute atomic E-state index is 0.226. The molecule has 0 amide bonds. The number of hydrogen-bond acceptors (Lipinski definition) is 5. The van der Waals surface area contributed by atoms with E-state index in [2.05, 4.69) is 22.9 Å². The molecule has 3 heterocycles. The van der Waals surface area contributed by atoms with Gasteiger partial charge in [-0.05, 0) is 68.3 Å². The summed E-state index contributed by atoms with van der Waals surface area (Å²) in [6.45, 7) is 6.03. The van der Waals surface area contributed by atoms with Crippen LogP contribution in [0.5, 0.6) is 0 Å². The van der Waals surface area contributed by atoms with Crippen LogP contribution in [0.25, 0.3) is 17.0 Å². The van der Waals surface area contributed by atoms with Crippen molar-refractivity contribution in [1.82, 2.24) is 9.13 Å². The number of aromatic nitrogens is 2. The Balaban J connectivity index is 1.50. The van der Waals surface area contributed by atoms with E-state index in [-0.39, 0.29) is 11.7 Å². The Kier molecular flexibility index (Phi) is 7.66. The highest BCUT2D eigenvalue weighted by atomic mass is 35.5. The van der Waals surface area contributed by atoms with Crippen molar-refractivity contribution in [2.75, 3.05) is 0 Å². The maximum atomic E-state index is 14.1. The first-order valence-corrected chi connectivity index (χ1v) is 15.1. The third-order valence-electron chi connectivity index (χ3n) is 7.14. The van der Waals surface area contributed by atoms with Gasteiger partial charge in [-0.15, -0.1) is 0 Å². The van der Waals surface area contributed by atoms with E-state index in [0.29, 0.717) is 37.2 Å². The fourth-order valence-corrected chi connectivity index (χ4v) is 6.56. The number of fused-ring (bicyclic) bond motifs is 2. The monoisotopic (exact) mass is 615 g/mol. The Labute approximate surface area is 256 Å². The van der Waals surface area contributed by atoms with E-state index in [1.807, 2.05) is 54.6 Å². The fraction of sp³-hybridized carbons (Fsp3) is 0.182. The molecule has 1 atom stereocenters. The largest absolute Gasteiger partial charge is 0.459 e. The highest BCUT2D eigenvalue weighted by molar-refractivity contribution is 7.07. The number of thiazole rings is 1.